The van der Waals surface area contributed by atoms with E-state index in [1.165, 1.54) is 18.7 Å². The van der Waals surface area contributed by atoms with Gasteiger partial charge in [-0.1, -0.05) is 36.4 Å². The molecule has 2 fully saturated rings. The maximum Gasteiger partial charge on any atom is 0.0652 e. The fourth-order valence-electron chi connectivity index (χ4n) is 3.79. The molecule has 0 radical (unpaired) electrons. The summed E-state index contributed by atoms with van der Waals surface area (Å²) in [5, 5.41) is 7.15. The molecule has 118 valence electrons. The van der Waals surface area contributed by atoms with E-state index >= 15 is 0 Å². The van der Waals surface area contributed by atoms with Crippen molar-refractivity contribution in [2.75, 3.05) is 18.1 Å². The first-order valence-electron chi connectivity index (χ1n) is 8.52. The molecule has 2 aromatic carbocycles. The fourth-order valence-corrected chi connectivity index (χ4v) is 3.79. The van der Waals surface area contributed by atoms with E-state index in [0.29, 0.717) is 0 Å². The molecule has 0 spiro atoms. The van der Waals surface area contributed by atoms with Crippen LogP contribution in [0.15, 0.2) is 65.8 Å². The van der Waals surface area contributed by atoms with Gasteiger partial charge in [0.25, 0.3) is 0 Å². The van der Waals surface area contributed by atoms with Crippen molar-refractivity contribution in [3.63, 3.8) is 0 Å². The minimum absolute atomic E-state index is 0.718. The Bertz CT molecular complexity index is 625. The lowest BCUT2D eigenvalue weighted by molar-refractivity contribution is 0.254. The van der Waals surface area contributed by atoms with Crippen molar-refractivity contribution >= 4 is 17.1 Å². The number of rotatable bonds is 3. The first-order valence-corrected chi connectivity index (χ1v) is 8.52. The number of benzene rings is 2. The van der Waals surface area contributed by atoms with Gasteiger partial charge in [-0.15, -0.1) is 0 Å². The van der Waals surface area contributed by atoms with Crippen LogP contribution in [0.3, 0.4) is 0 Å². The highest BCUT2D eigenvalue weighted by Gasteiger charge is 2.36. The molecule has 3 nitrogen and oxygen atoms in total. The van der Waals surface area contributed by atoms with Crippen LogP contribution in [0, 0.1) is 5.92 Å². The number of anilines is 2. The number of para-hydroxylation sites is 2. The van der Waals surface area contributed by atoms with Gasteiger partial charge in [0, 0.05) is 12.6 Å². The van der Waals surface area contributed by atoms with Crippen LogP contribution in [-0.4, -0.2) is 29.7 Å². The average molecular weight is 305 g/mol. The molecule has 2 bridgehead atoms. The Morgan fingerprint density at radius 1 is 0.957 bits per heavy atom. The molecular formula is C20H23N3. The zero-order valence-corrected chi connectivity index (χ0v) is 13.6. The number of hydrogen-bond donors (Lipinski definition) is 0. The second-order valence-electron chi connectivity index (χ2n) is 6.61. The molecule has 3 heteroatoms. The maximum atomic E-state index is 5.06. The summed E-state index contributed by atoms with van der Waals surface area (Å²) in [6.07, 6.45) is 2.45. The third-order valence-corrected chi connectivity index (χ3v) is 5.17. The van der Waals surface area contributed by atoms with Gasteiger partial charge in [0.05, 0.1) is 17.1 Å². The highest BCUT2D eigenvalue weighted by atomic mass is 15.5. The molecular weight excluding hydrogens is 282 g/mol. The van der Waals surface area contributed by atoms with Gasteiger partial charge in [0.2, 0.25) is 0 Å². The summed E-state index contributed by atoms with van der Waals surface area (Å²) in [5.41, 5.74) is 3.54. The average Bonchev–Trinajstić information content (AvgIpc) is 2.83. The van der Waals surface area contributed by atoms with Gasteiger partial charge in [-0.05, 0) is 56.5 Å². The smallest absolute Gasteiger partial charge is 0.0652 e. The fraction of sp³-hybridized carbons (Fsp3) is 0.350. The Hall–Kier alpha value is -2.13. The Balaban J connectivity index is 1.68. The SMILES string of the molecule is CC1C2CCN1CC(=NN(c1ccccc1)c1ccccc1)C2. The van der Waals surface area contributed by atoms with Crippen molar-refractivity contribution in [3.05, 3.63) is 60.7 Å². The summed E-state index contributed by atoms with van der Waals surface area (Å²) < 4.78 is 0. The number of fused-ring (bicyclic) bond motifs is 2. The van der Waals surface area contributed by atoms with Gasteiger partial charge >= 0.3 is 0 Å². The van der Waals surface area contributed by atoms with E-state index in [4.69, 9.17) is 5.10 Å². The molecule has 0 saturated carbocycles. The van der Waals surface area contributed by atoms with Crippen molar-refractivity contribution < 1.29 is 0 Å². The third kappa shape index (κ3) is 2.89. The van der Waals surface area contributed by atoms with E-state index in [1.54, 1.807) is 0 Å². The molecule has 3 unspecified atom stereocenters. The Labute approximate surface area is 138 Å². The van der Waals surface area contributed by atoms with Crippen molar-refractivity contribution in [2.45, 2.75) is 25.8 Å². The van der Waals surface area contributed by atoms with Gasteiger partial charge < -0.3 is 0 Å². The molecule has 3 atom stereocenters. The van der Waals surface area contributed by atoms with Crippen LogP contribution in [0.2, 0.25) is 0 Å². The maximum absolute atomic E-state index is 5.06. The summed E-state index contributed by atoms with van der Waals surface area (Å²) in [4.78, 5) is 2.57. The molecule has 23 heavy (non-hydrogen) atoms. The molecule has 0 aliphatic carbocycles. The second kappa shape index (κ2) is 6.17. The van der Waals surface area contributed by atoms with Crippen molar-refractivity contribution in [1.29, 1.82) is 0 Å². The van der Waals surface area contributed by atoms with E-state index in [9.17, 15) is 0 Å². The van der Waals surface area contributed by atoms with Crippen molar-refractivity contribution in [1.82, 2.24) is 4.90 Å². The van der Waals surface area contributed by atoms with Crippen molar-refractivity contribution in [2.24, 2.45) is 11.0 Å². The molecule has 2 aliphatic heterocycles. The predicted octanol–water partition coefficient (Wildman–Crippen LogP) is 4.29. The van der Waals surface area contributed by atoms with Gasteiger partial charge in [0.15, 0.2) is 0 Å². The summed E-state index contributed by atoms with van der Waals surface area (Å²) in [6.45, 7) is 4.59. The molecule has 2 aliphatic rings. The number of piperidine rings is 1. The minimum atomic E-state index is 0.718. The van der Waals surface area contributed by atoms with E-state index in [0.717, 1.165) is 36.3 Å². The van der Waals surface area contributed by atoms with Crippen LogP contribution < -0.4 is 5.01 Å². The van der Waals surface area contributed by atoms with Gasteiger partial charge in [-0.2, -0.15) is 5.10 Å². The lowest BCUT2D eigenvalue weighted by Crippen LogP contribution is -2.41. The molecule has 0 N–H and O–H groups in total. The van der Waals surface area contributed by atoms with E-state index in [1.807, 2.05) is 12.1 Å². The topological polar surface area (TPSA) is 18.8 Å². The monoisotopic (exact) mass is 305 g/mol. The highest BCUT2D eigenvalue weighted by molar-refractivity contribution is 5.89. The van der Waals surface area contributed by atoms with E-state index in [-0.39, 0.29) is 0 Å². The Morgan fingerprint density at radius 3 is 2.13 bits per heavy atom. The second-order valence-corrected chi connectivity index (χ2v) is 6.61. The quantitative estimate of drug-likeness (QED) is 0.788. The molecule has 2 heterocycles. The zero-order chi connectivity index (χ0) is 15.6. The predicted molar refractivity (Wildman–Crippen MR) is 96.2 cm³/mol. The zero-order valence-electron chi connectivity index (χ0n) is 13.6. The number of hydrogen-bond acceptors (Lipinski definition) is 3. The molecule has 2 saturated heterocycles. The minimum Gasteiger partial charge on any atom is -0.295 e. The lowest BCUT2D eigenvalue weighted by atomic mass is 9.92. The molecule has 0 amide bonds. The summed E-state index contributed by atoms with van der Waals surface area (Å²) in [6, 6.07) is 21.6. The largest absolute Gasteiger partial charge is 0.295 e. The van der Waals surface area contributed by atoms with Crippen LogP contribution in [0.1, 0.15) is 19.8 Å². The molecule has 4 rings (SSSR count). The van der Waals surface area contributed by atoms with E-state index < -0.39 is 0 Å². The molecule has 0 aromatic heterocycles. The van der Waals surface area contributed by atoms with E-state index in [2.05, 4.69) is 65.4 Å². The number of nitrogens with zero attached hydrogens (tertiary/aromatic N) is 3. The van der Waals surface area contributed by atoms with Gasteiger partial charge in [-0.25, -0.2) is 5.01 Å². The van der Waals surface area contributed by atoms with Crippen LogP contribution in [-0.2, 0) is 0 Å². The van der Waals surface area contributed by atoms with Crippen LogP contribution >= 0.6 is 0 Å². The lowest BCUT2D eigenvalue weighted by Gasteiger charge is -2.32. The van der Waals surface area contributed by atoms with Crippen LogP contribution in [0.25, 0.3) is 0 Å². The Kier molecular flexibility index (Phi) is 3.88. The Morgan fingerprint density at radius 2 is 1.57 bits per heavy atom. The van der Waals surface area contributed by atoms with Gasteiger partial charge in [0.1, 0.15) is 0 Å². The highest BCUT2D eigenvalue weighted by Crippen LogP contribution is 2.33. The summed E-state index contributed by atoms with van der Waals surface area (Å²) in [7, 11) is 0. The number of hydrazone groups is 1. The van der Waals surface area contributed by atoms with Crippen LogP contribution in [0.4, 0.5) is 11.4 Å². The first-order chi connectivity index (χ1) is 11.3. The summed E-state index contributed by atoms with van der Waals surface area (Å²) in [5.74, 6) is 0.774. The molecule has 2 aromatic rings. The van der Waals surface area contributed by atoms with Gasteiger partial charge in [-0.3, -0.25) is 4.90 Å². The van der Waals surface area contributed by atoms with Crippen molar-refractivity contribution in [3.8, 4) is 0 Å². The standard InChI is InChI=1S/C20H23N3/c1-16-17-12-13-22(16)15-18(14-17)21-23(19-8-4-2-5-9-19)20-10-6-3-7-11-20/h2-11,16-17H,12-15H2,1H3. The first kappa shape index (κ1) is 14.5. The van der Waals surface area contributed by atoms with Crippen LogP contribution in [0.5, 0.6) is 0 Å². The normalized spacial score (nSPS) is 28.0. The summed E-state index contributed by atoms with van der Waals surface area (Å²) >= 11 is 0. The third-order valence-electron chi connectivity index (χ3n) is 5.17.